The molecule has 396 valence electrons. The molecule has 9 nitrogen and oxygen atoms in total. The molecular formula is C57H111AlO9. The van der Waals surface area contributed by atoms with Gasteiger partial charge in [-0.2, -0.15) is 0 Å². The van der Waals surface area contributed by atoms with Crippen LogP contribution in [-0.4, -0.2) is 67.4 Å². The first-order valence-corrected chi connectivity index (χ1v) is 28.3. The molecule has 0 aliphatic carbocycles. The van der Waals surface area contributed by atoms with Crippen molar-refractivity contribution in [1.82, 2.24) is 0 Å². The fourth-order valence-electron chi connectivity index (χ4n) is 8.30. The quantitative estimate of drug-likeness (QED) is 0.0395. The Morgan fingerprint density at radius 3 is 0.478 bits per heavy atom. The minimum absolute atomic E-state index is 0. The van der Waals surface area contributed by atoms with E-state index in [1.807, 2.05) is 0 Å². The van der Waals surface area contributed by atoms with E-state index in [4.69, 9.17) is 0 Å². The van der Waals surface area contributed by atoms with Crippen LogP contribution in [0.4, 0.5) is 0 Å². The summed E-state index contributed by atoms with van der Waals surface area (Å²) in [5, 5.41) is 60.4. The molecule has 3 unspecified atom stereocenters. The molecule has 0 aliphatic rings. The third-order valence-electron chi connectivity index (χ3n) is 13.4. The summed E-state index contributed by atoms with van der Waals surface area (Å²) >= 11 is 0. The van der Waals surface area contributed by atoms with Gasteiger partial charge in [0.2, 0.25) is 0 Å². The number of hydrogen-bond donors (Lipinski definition) is 3. The number of aliphatic carboxylic acids is 3. The van der Waals surface area contributed by atoms with Gasteiger partial charge in [0.15, 0.2) is 0 Å². The third kappa shape index (κ3) is 55.6. The molecular weight excluding hydrogens is 856 g/mol. The second-order valence-corrected chi connectivity index (χ2v) is 20.7. The van der Waals surface area contributed by atoms with E-state index < -0.39 is 34.7 Å². The van der Waals surface area contributed by atoms with Crippen molar-refractivity contribution < 1.29 is 45.0 Å². The van der Waals surface area contributed by atoms with E-state index in [1.165, 1.54) is 233 Å². The number of carbonyl (C=O) groups excluding carboxylic acids is 3. The summed E-state index contributed by atoms with van der Waals surface area (Å²) in [6.07, 6.45) is 54.2. The first-order chi connectivity index (χ1) is 31.5. The maximum atomic E-state index is 10.6. The molecule has 3 atom stereocenters. The molecule has 0 rings (SSSR count). The Bertz CT molecular complexity index is 920. The minimum atomic E-state index is -1.66. The summed E-state index contributed by atoms with van der Waals surface area (Å²) in [7, 11) is 0. The van der Waals surface area contributed by atoms with Crippen LogP contribution in [0.1, 0.15) is 330 Å². The van der Waals surface area contributed by atoms with Gasteiger partial charge in [0, 0.05) is 0 Å². The van der Waals surface area contributed by atoms with Crippen molar-refractivity contribution in [1.29, 1.82) is 0 Å². The monoisotopic (exact) mass is 967 g/mol. The Kier molecular flexibility index (Phi) is 56.9. The van der Waals surface area contributed by atoms with E-state index >= 15 is 0 Å². The molecule has 0 aliphatic heterocycles. The Labute approximate surface area is 425 Å². The van der Waals surface area contributed by atoms with Crippen LogP contribution in [0.2, 0.25) is 0 Å². The average Bonchev–Trinajstić information content (AvgIpc) is 3.27. The number of rotatable bonds is 48. The van der Waals surface area contributed by atoms with Crippen LogP contribution in [0.3, 0.4) is 0 Å². The van der Waals surface area contributed by atoms with Crippen LogP contribution in [0.5, 0.6) is 0 Å². The summed E-state index contributed by atoms with van der Waals surface area (Å²) in [5.74, 6) is -4.08. The van der Waals surface area contributed by atoms with Crippen LogP contribution < -0.4 is 15.3 Å². The second kappa shape index (κ2) is 52.6. The van der Waals surface area contributed by atoms with Gasteiger partial charge in [0.1, 0.15) is 16.8 Å². The molecule has 0 fully saturated rings. The molecule has 0 saturated carbocycles. The van der Waals surface area contributed by atoms with E-state index in [0.717, 1.165) is 57.8 Å². The molecule has 10 heteroatoms. The van der Waals surface area contributed by atoms with Gasteiger partial charge in [0.05, 0.1) is 17.9 Å². The number of carboxylic acids is 3. The second-order valence-electron chi connectivity index (χ2n) is 20.7. The van der Waals surface area contributed by atoms with E-state index in [9.17, 15) is 45.0 Å². The summed E-state index contributed by atoms with van der Waals surface area (Å²) in [4.78, 5) is 31.9. The molecule has 0 aromatic rings. The maximum absolute atomic E-state index is 10.6. The Hall–Kier alpha value is -1.18. The van der Waals surface area contributed by atoms with Crippen molar-refractivity contribution in [3.63, 3.8) is 0 Å². The number of unbranched alkanes of at least 4 members (excludes halogenated alkanes) is 39. The fourth-order valence-corrected chi connectivity index (χ4v) is 8.30. The average molecular weight is 967 g/mol. The standard InChI is InChI=1S/3C19H38O3.Al/c3*1-3-4-5-6-7-8-9-10-11-12-13-14-15-16-17-19(2,22)18(20)21;/h3*22H,3-17H2,1-2H3,(H,20,21);/q;;;+3/p-3. The Balaban J connectivity index is -0.000000441. The first-order valence-electron chi connectivity index (χ1n) is 28.3. The van der Waals surface area contributed by atoms with Gasteiger partial charge in [-0.05, 0) is 40.0 Å². The maximum Gasteiger partial charge on any atom is 3.00 e. The molecule has 0 spiro atoms. The van der Waals surface area contributed by atoms with Gasteiger partial charge in [-0.15, -0.1) is 0 Å². The molecule has 0 radical (unpaired) electrons. The SMILES string of the molecule is CCCCCCCCCCCCCCCCC(C)(O)C(=O)[O-].CCCCCCCCCCCCCCCCC(C)(O)C(=O)[O-].CCCCCCCCCCCCCCCCC(C)(O)C(=O)[O-].[Al+3]. The largest absolute Gasteiger partial charge is 3.00 e. The van der Waals surface area contributed by atoms with Gasteiger partial charge in [-0.25, -0.2) is 0 Å². The summed E-state index contributed by atoms with van der Waals surface area (Å²) in [5.41, 5.74) is -4.97. The summed E-state index contributed by atoms with van der Waals surface area (Å²) in [6, 6.07) is 0. The van der Waals surface area contributed by atoms with E-state index in [1.54, 1.807) is 0 Å². The normalized spacial score (nSPS) is 13.7. The van der Waals surface area contributed by atoms with Gasteiger partial charge in [-0.1, -0.05) is 290 Å². The van der Waals surface area contributed by atoms with Gasteiger partial charge in [0.25, 0.3) is 0 Å². The zero-order valence-corrected chi connectivity index (χ0v) is 46.3. The van der Waals surface area contributed by atoms with Crippen molar-refractivity contribution in [2.45, 2.75) is 347 Å². The predicted molar refractivity (Wildman–Crippen MR) is 277 cm³/mol. The number of carboxylic acid groups (broad SMARTS) is 3. The van der Waals surface area contributed by atoms with Crippen molar-refractivity contribution in [3.05, 3.63) is 0 Å². The van der Waals surface area contributed by atoms with Crippen molar-refractivity contribution in [2.24, 2.45) is 0 Å². The van der Waals surface area contributed by atoms with Crippen LogP contribution >= 0.6 is 0 Å². The van der Waals surface area contributed by atoms with Crippen molar-refractivity contribution in [2.75, 3.05) is 0 Å². The number of aliphatic hydroxyl groups is 3. The molecule has 67 heavy (non-hydrogen) atoms. The van der Waals surface area contributed by atoms with E-state index in [-0.39, 0.29) is 17.4 Å². The zero-order chi connectivity index (χ0) is 50.1. The first kappa shape index (κ1) is 72.4. The van der Waals surface area contributed by atoms with Crippen LogP contribution in [0, 0.1) is 0 Å². The molecule has 0 amide bonds. The summed E-state index contributed by atoms with van der Waals surface area (Å²) < 4.78 is 0. The van der Waals surface area contributed by atoms with Crippen LogP contribution in [0.15, 0.2) is 0 Å². The van der Waals surface area contributed by atoms with Crippen LogP contribution in [0.25, 0.3) is 0 Å². The third-order valence-corrected chi connectivity index (χ3v) is 13.4. The predicted octanol–water partition coefficient (Wildman–Crippen LogP) is 12.7. The Morgan fingerprint density at radius 2 is 0.373 bits per heavy atom. The zero-order valence-electron chi connectivity index (χ0n) is 45.2. The minimum Gasteiger partial charge on any atom is -0.547 e. The molecule has 3 N–H and O–H groups in total. The van der Waals surface area contributed by atoms with Gasteiger partial charge in [-0.3, -0.25) is 0 Å². The topological polar surface area (TPSA) is 181 Å². The van der Waals surface area contributed by atoms with Crippen LogP contribution in [-0.2, 0) is 14.4 Å². The molecule has 0 aromatic carbocycles. The van der Waals surface area contributed by atoms with Gasteiger partial charge < -0.3 is 45.0 Å². The summed E-state index contributed by atoms with van der Waals surface area (Å²) in [6.45, 7) is 10.7. The van der Waals surface area contributed by atoms with Crippen molar-refractivity contribution >= 4 is 35.3 Å². The van der Waals surface area contributed by atoms with Gasteiger partial charge >= 0.3 is 17.4 Å². The number of hydrogen-bond acceptors (Lipinski definition) is 9. The van der Waals surface area contributed by atoms with E-state index in [0.29, 0.717) is 19.3 Å². The molecule has 0 saturated heterocycles. The fraction of sp³-hybridized carbons (Fsp3) is 0.947. The van der Waals surface area contributed by atoms with E-state index in [2.05, 4.69) is 20.8 Å². The smallest absolute Gasteiger partial charge is 0.547 e. The van der Waals surface area contributed by atoms with Crippen molar-refractivity contribution in [3.8, 4) is 0 Å². The Morgan fingerprint density at radius 1 is 0.269 bits per heavy atom. The number of carbonyl (C=O) groups is 3. The molecule has 0 aromatic heterocycles. The molecule has 0 heterocycles. The molecule has 0 bridgehead atoms.